The molecule has 0 atom stereocenters. The highest BCUT2D eigenvalue weighted by Crippen LogP contribution is 2.26. The molecule has 6 heteroatoms. The molecule has 1 aromatic carbocycles. The molecule has 0 radical (unpaired) electrons. The minimum Gasteiger partial charge on any atom is -0.465 e. The molecule has 0 bridgehead atoms. The Morgan fingerprint density at radius 3 is 2.17 bits per heavy atom. The van der Waals surface area contributed by atoms with Gasteiger partial charge in [0.2, 0.25) is 5.78 Å². The van der Waals surface area contributed by atoms with Gasteiger partial charge in [0.25, 0.3) is 0 Å². The lowest BCUT2D eigenvalue weighted by Crippen LogP contribution is -2.26. The maximum atomic E-state index is 12.9. The summed E-state index contributed by atoms with van der Waals surface area (Å²) in [5.41, 5.74) is 0.258. The average molecular weight is 327 g/mol. The lowest BCUT2D eigenvalue weighted by molar-refractivity contribution is -0.139. The van der Waals surface area contributed by atoms with Crippen LogP contribution in [0.15, 0.2) is 65.5 Å². The number of likely N-dealkylation sites (N-methyl/N-ethyl adjacent to an activating group) is 1. The fourth-order valence-electron chi connectivity index (χ4n) is 2.32. The van der Waals surface area contributed by atoms with Crippen LogP contribution in [-0.2, 0) is 19.1 Å². The maximum Gasteiger partial charge on any atom is 0.341 e. The number of nitrogens with zero attached hydrogens (tertiary/aromatic N) is 1. The summed E-state index contributed by atoms with van der Waals surface area (Å²) in [6.07, 6.45) is 4.55. The monoisotopic (exact) mass is 327 g/mol. The Morgan fingerprint density at radius 2 is 1.58 bits per heavy atom. The van der Waals surface area contributed by atoms with Crippen molar-refractivity contribution in [2.75, 3.05) is 21.3 Å². The second-order valence-electron chi connectivity index (χ2n) is 4.93. The van der Waals surface area contributed by atoms with Crippen LogP contribution in [-0.4, -0.2) is 43.9 Å². The van der Waals surface area contributed by atoms with E-state index in [-0.39, 0.29) is 16.8 Å². The van der Waals surface area contributed by atoms with Crippen LogP contribution in [0.5, 0.6) is 0 Å². The quantitative estimate of drug-likeness (QED) is 0.621. The SMILES string of the molecule is COC(=O)C1=CC=CN(C)C(C(=O)c2ccccc2)=C1C(=O)OC. The van der Waals surface area contributed by atoms with E-state index in [2.05, 4.69) is 0 Å². The zero-order chi connectivity index (χ0) is 17.7. The van der Waals surface area contributed by atoms with Crippen molar-refractivity contribution in [3.05, 3.63) is 71.1 Å². The second kappa shape index (κ2) is 7.41. The molecule has 1 heterocycles. The molecule has 0 aliphatic carbocycles. The number of allylic oxidation sites excluding steroid dienone is 3. The molecule has 2 rings (SSSR count). The molecule has 0 unspecified atom stereocenters. The highest BCUT2D eigenvalue weighted by molar-refractivity contribution is 6.17. The van der Waals surface area contributed by atoms with E-state index in [0.29, 0.717) is 5.56 Å². The Kier molecular flexibility index (Phi) is 5.31. The number of ketones is 1. The van der Waals surface area contributed by atoms with Gasteiger partial charge in [-0.2, -0.15) is 0 Å². The predicted molar refractivity (Wildman–Crippen MR) is 86.8 cm³/mol. The van der Waals surface area contributed by atoms with E-state index in [1.807, 2.05) is 0 Å². The molecule has 0 saturated heterocycles. The van der Waals surface area contributed by atoms with Crippen LogP contribution in [0.3, 0.4) is 0 Å². The Balaban J connectivity index is 2.71. The average Bonchev–Trinajstić information content (AvgIpc) is 2.79. The van der Waals surface area contributed by atoms with E-state index in [1.54, 1.807) is 49.7 Å². The minimum absolute atomic E-state index is 0.0377. The third-order valence-electron chi connectivity index (χ3n) is 3.48. The first kappa shape index (κ1) is 17.2. The Hall–Kier alpha value is -3.15. The van der Waals surface area contributed by atoms with E-state index < -0.39 is 17.7 Å². The number of hydrogen-bond acceptors (Lipinski definition) is 6. The lowest BCUT2D eigenvalue weighted by atomic mass is 9.98. The summed E-state index contributed by atoms with van der Waals surface area (Å²) in [7, 11) is 4.01. The van der Waals surface area contributed by atoms with Crippen molar-refractivity contribution >= 4 is 17.7 Å². The number of carbonyl (C=O) groups is 3. The molecular weight excluding hydrogens is 310 g/mol. The topological polar surface area (TPSA) is 72.9 Å². The van der Waals surface area contributed by atoms with Crippen molar-refractivity contribution in [2.24, 2.45) is 0 Å². The van der Waals surface area contributed by atoms with Gasteiger partial charge in [-0.1, -0.05) is 30.3 Å². The first-order valence-corrected chi connectivity index (χ1v) is 7.13. The molecule has 0 fully saturated rings. The van der Waals surface area contributed by atoms with Crippen LogP contribution in [0.25, 0.3) is 0 Å². The summed E-state index contributed by atoms with van der Waals surface area (Å²) in [6.45, 7) is 0. The molecule has 0 aromatic heterocycles. The van der Waals surface area contributed by atoms with Gasteiger partial charge >= 0.3 is 11.9 Å². The molecule has 1 aromatic rings. The van der Waals surface area contributed by atoms with Gasteiger partial charge in [-0.3, -0.25) is 4.79 Å². The van der Waals surface area contributed by atoms with Gasteiger partial charge in [0.1, 0.15) is 11.3 Å². The number of benzene rings is 1. The molecule has 0 N–H and O–H groups in total. The minimum atomic E-state index is -0.790. The fraction of sp³-hybridized carbons (Fsp3) is 0.167. The summed E-state index contributed by atoms with van der Waals surface area (Å²) < 4.78 is 9.51. The molecule has 124 valence electrons. The molecule has 24 heavy (non-hydrogen) atoms. The van der Waals surface area contributed by atoms with E-state index in [1.165, 1.54) is 25.2 Å². The summed E-state index contributed by atoms with van der Waals surface area (Å²) in [5.74, 6) is -1.92. The van der Waals surface area contributed by atoms with Crippen LogP contribution < -0.4 is 0 Å². The Morgan fingerprint density at radius 1 is 0.958 bits per heavy atom. The zero-order valence-electron chi connectivity index (χ0n) is 13.6. The summed E-state index contributed by atoms with van der Waals surface area (Å²) >= 11 is 0. The van der Waals surface area contributed by atoms with Crippen molar-refractivity contribution in [1.29, 1.82) is 0 Å². The molecular formula is C18H17NO5. The number of methoxy groups -OCH3 is 2. The van der Waals surface area contributed by atoms with Crippen molar-refractivity contribution in [3.63, 3.8) is 0 Å². The summed E-state index contributed by atoms with van der Waals surface area (Å²) in [4.78, 5) is 38.8. The van der Waals surface area contributed by atoms with Crippen molar-refractivity contribution in [2.45, 2.75) is 0 Å². The van der Waals surface area contributed by atoms with E-state index in [4.69, 9.17) is 9.47 Å². The van der Waals surface area contributed by atoms with Crippen molar-refractivity contribution < 1.29 is 23.9 Å². The van der Waals surface area contributed by atoms with Crippen LogP contribution >= 0.6 is 0 Å². The number of ether oxygens (including phenoxy) is 2. The van der Waals surface area contributed by atoms with Crippen LogP contribution in [0, 0.1) is 0 Å². The maximum absolute atomic E-state index is 12.9. The number of esters is 2. The van der Waals surface area contributed by atoms with Crippen molar-refractivity contribution in [3.8, 4) is 0 Å². The zero-order valence-corrected chi connectivity index (χ0v) is 13.6. The molecule has 1 aliphatic heterocycles. The third kappa shape index (κ3) is 3.27. The van der Waals surface area contributed by atoms with Gasteiger partial charge in [0, 0.05) is 18.8 Å². The predicted octanol–water partition coefficient (Wildman–Crippen LogP) is 1.85. The Labute approximate surface area is 139 Å². The fourth-order valence-corrected chi connectivity index (χ4v) is 2.32. The number of hydrogen-bond donors (Lipinski definition) is 0. The van der Waals surface area contributed by atoms with Crippen molar-refractivity contribution in [1.82, 2.24) is 4.90 Å². The van der Waals surface area contributed by atoms with E-state index in [9.17, 15) is 14.4 Å². The number of carbonyl (C=O) groups excluding carboxylic acids is 3. The first-order chi connectivity index (χ1) is 11.5. The smallest absolute Gasteiger partial charge is 0.341 e. The number of rotatable bonds is 4. The normalized spacial score (nSPS) is 14.0. The molecule has 0 spiro atoms. The molecule has 1 aliphatic rings. The van der Waals surface area contributed by atoms with E-state index in [0.717, 1.165) is 0 Å². The summed E-state index contributed by atoms with van der Waals surface area (Å²) in [6, 6.07) is 8.48. The highest BCUT2D eigenvalue weighted by atomic mass is 16.5. The van der Waals surface area contributed by atoms with Gasteiger partial charge in [0.15, 0.2) is 0 Å². The second-order valence-corrected chi connectivity index (χ2v) is 4.93. The largest absolute Gasteiger partial charge is 0.465 e. The summed E-state index contributed by atoms with van der Waals surface area (Å²) in [5, 5.41) is 0. The van der Waals surface area contributed by atoms with Gasteiger partial charge in [0.05, 0.1) is 19.8 Å². The molecule has 6 nitrogen and oxygen atoms in total. The van der Waals surface area contributed by atoms with Crippen LogP contribution in [0.2, 0.25) is 0 Å². The molecule has 0 amide bonds. The number of Topliss-reactive ketones (excluding diaryl/α,β-unsaturated/α-hetero) is 1. The third-order valence-corrected chi connectivity index (χ3v) is 3.48. The van der Waals surface area contributed by atoms with Gasteiger partial charge in [-0.15, -0.1) is 0 Å². The highest BCUT2D eigenvalue weighted by Gasteiger charge is 2.32. The van der Waals surface area contributed by atoms with Gasteiger partial charge in [-0.25, -0.2) is 9.59 Å². The molecule has 0 saturated carbocycles. The van der Waals surface area contributed by atoms with Gasteiger partial charge in [-0.05, 0) is 12.2 Å². The van der Waals surface area contributed by atoms with E-state index >= 15 is 0 Å². The first-order valence-electron chi connectivity index (χ1n) is 7.13. The lowest BCUT2D eigenvalue weighted by Gasteiger charge is -2.20. The van der Waals surface area contributed by atoms with Crippen LogP contribution in [0.1, 0.15) is 10.4 Å². The van der Waals surface area contributed by atoms with Gasteiger partial charge < -0.3 is 14.4 Å². The Bertz CT molecular complexity index is 759. The van der Waals surface area contributed by atoms with Crippen LogP contribution in [0.4, 0.5) is 0 Å². The standard InChI is InChI=1S/C18H17NO5/c1-19-11-7-10-13(17(21)23-2)14(18(22)24-3)15(19)16(20)12-8-5-4-6-9-12/h4-11H,1-3H3.